The summed E-state index contributed by atoms with van der Waals surface area (Å²) in [5.74, 6) is -3.85. The standard InChI is InChI=1S/C18H17F6N5O4/c1-7-2-3-8(16(33,15(26)32)18(22,23)24)4-9(7)10-5-27-13(25)12(29-10)14(31)28-6-11(30)17(19,20)21/h2-5,11,30,33H,6H2,1H3,(H2,25,27)(H2,26,32)(H,28,31). The molecule has 0 aliphatic carbocycles. The van der Waals surface area contributed by atoms with Crippen LogP contribution in [-0.2, 0) is 10.4 Å². The smallest absolute Gasteiger partial charge is 0.382 e. The molecule has 2 amide bonds. The molecule has 9 nitrogen and oxygen atoms in total. The second-order valence-corrected chi connectivity index (χ2v) is 6.86. The SMILES string of the molecule is Cc1ccc(C(O)(C(N)=O)C(F)(F)F)cc1-c1cnc(N)c(C(=O)NCC(O)C(F)(F)F)n1. The number of nitrogens with zero attached hydrogens (tertiary/aromatic N) is 2. The van der Waals surface area contributed by atoms with Gasteiger partial charge in [-0.3, -0.25) is 9.59 Å². The molecule has 0 radical (unpaired) electrons. The third-order valence-corrected chi connectivity index (χ3v) is 4.55. The van der Waals surface area contributed by atoms with Crippen molar-refractivity contribution < 1.29 is 46.1 Å². The zero-order valence-electron chi connectivity index (χ0n) is 16.6. The van der Waals surface area contributed by atoms with Crippen molar-refractivity contribution >= 4 is 17.6 Å². The van der Waals surface area contributed by atoms with Crippen LogP contribution in [0, 0.1) is 6.92 Å². The zero-order valence-corrected chi connectivity index (χ0v) is 16.6. The second kappa shape index (κ2) is 8.82. The Balaban J connectivity index is 2.49. The maximum absolute atomic E-state index is 13.4. The van der Waals surface area contributed by atoms with Gasteiger partial charge in [0.25, 0.3) is 17.4 Å². The lowest BCUT2D eigenvalue weighted by Crippen LogP contribution is -2.52. The van der Waals surface area contributed by atoms with Gasteiger partial charge in [-0.1, -0.05) is 12.1 Å². The van der Waals surface area contributed by atoms with Crippen molar-refractivity contribution in [2.45, 2.75) is 31.0 Å². The molecule has 7 N–H and O–H groups in total. The normalized spacial score (nSPS) is 14.9. The van der Waals surface area contributed by atoms with E-state index in [4.69, 9.17) is 16.6 Å². The summed E-state index contributed by atoms with van der Waals surface area (Å²) in [5, 5.41) is 20.7. The molecule has 0 bridgehead atoms. The van der Waals surface area contributed by atoms with E-state index in [1.54, 1.807) is 5.32 Å². The Labute approximate surface area is 181 Å². The minimum Gasteiger partial charge on any atom is -0.382 e. The third kappa shape index (κ3) is 5.14. The highest BCUT2D eigenvalue weighted by Gasteiger charge is 2.60. The lowest BCUT2D eigenvalue weighted by molar-refractivity contribution is -0.255. The number of nitrogens with one attached hydrogen (secondary N) is 1. The molecule has 0 saturated carbocycles. The number of alkyl halides is 6. The number of hydrogen-bond acceptors (Lipinski definition) is 7. The maximum atomic E-state index is 13.4. The van der Waals surface area contributed by atoms with Crippen LogP contribution in [-0.4, -0.2) is 57.0 Å². The number of benzene rings is 1. The Kier molecular flexibility index (Phi) is 6.90. The number of primary amides is 1. The quantitative estimate of drug-likeness (QED) is 0.383. The molecule has 1 aromatic carbocycles. The molecule has 0 aliphatic rings. The van der Waals surface area contributed by atoms with Crippen molar-refractivity contribution in [2.75, 3.05) is 12.3 Å². The molecule has 2 aromatic rings. The third-order valence-electron chi connectivity index (χ3n) is 4.55. The summed E-state index contributed by atoms with van der Waals surface area (Å²) in [7, 11) is 0. The van der Waals surface area contributed by atoms with E-state index < -0.39 is 59.5 Å². The first-order valence-electron chi connectivity index (χ1n) is 8.86. The number of amides is 2. The van der Waals surface area contributed by atoms with E-state index >= 15 is 0 Å². The van der Waals surface area contributed by atoms with Gasteiger partial charge in [-0.15, -0.1) is 0 Å². The monoisotopic (exact) mass is 481 g/mol. The van der Waals surface area contributed by atoms with Crippen molar-refractivity contribution in [1.82, 2.24) is 15.3 Å². The number of nitrogen functional groups attached to an aromatic ring is 1. The minimum absolute atomic E-state index is 0.117. The van der Waals surface area contributed by atoms with Crippen LogP contribution in [0.2, 0.25) is 0 Å². The molecule has 0 saturated heterocycles. The van der Waals surface area contributed by atoms with Gasteiger partial charge in [0.2, 0.25) is 0 Å². The van der Waals surface area contributed by atoms with Crippen molar-refractivity contribution in [2.24, 2.45) is 5.73 Å². The number of rotatable bonds is 6. The number of halogens is 6. The van der Waals surface area contributed by atoms with Gasteiger partial charge < -0.3 is 27.0 Å². The number of aromatic nitrogens is 2. The summed E-state index contributed by atoms with van der Waals surface area (Å²) in [6, 6.07) is 2.68. The Hall–Kier alpha value is -3.46. The molecule has 33 heavy (non-hydrogen) atoms. The van der Waals surface area contributed by atoms with E-state index in [-0.39, 0.29) is 16.8 Å². The summed E-state index contributed by atoms with van der Waals surface area (Å²) < 4.78 is 77.3. The molecule has 2 atom stereocenters. The van der Waals surface area contributed by atoms with Crippen LogP contribution in [0.25, 0.3) is 11.3 Å². The highest BCUT2D eigenvalue weighted by Crippen LogP contribution is 2.40. The molecule has 180 valence electrons. The second-order valence-electron chi connectivity index (χ2n) is 6.86. The number of carbonyl (C=O) groups is 2. The van der Waals surface area contributed by atoms with Gasteiger partial charge in [-0.05, 0) is 18.6 Å². The van der Waals surface area contributed by atoms with Crippen molar-refractivity contribution in [3.05, 3.63) is 41.2 Å². The number of aryl methyl sites for hydroxylation is 1. The van der Waals surface area contributed by atoms with Crippen molar-refractivity contribution in [3.8, 4) is 11.3 Å². The minimum atomic E-state index is -5.47. The van der Waals surface area contributed by atoms with Gasteiger partial charge in [-0.2, -0.15) is 26.3 Å². The first-order valence-corrected chi connectivity index (χ1v) is 8.86. The summed E-state index contributed by atoms with van der Waals surface area (Å²) >= 11 is 0. The Morgan fingerprint density at radius 3 is 2.30 bits per heavy atom. The van der Waals surface area contributed by atoms with E-state index in [2.05, 4.69) is 9.97 Å². The van der Waals surface area contributed by atoms with E-state index in [9.17, 15) is 41.0 Å². The summed E-state index contributed by atoms with van der Waals surface area (Å²) in [5.41, 5.74) is 4.55. The summed E-state index contributed by atoms with van der Waals surface area (Å²) in [4.78, 5) is 31.1. The van der Waals surface area contributed by atoms with Crippen LogP contribution in [0.15, 0.2) is 24.4 Å². The predicted molar refractivity (Wildman–Crippen MR) is 100 cm³/mol. The highest BCUT2D eigenvalue weighted by atomic mass is 19.4. The molecule has 1 aromatic heterocycles. The van der Waals surface area contributed by atoms with Gasteiger partial charge in [0.15, 0.2) is 17.6 Å². The van der Waals surface area contributed by atoms with Crippen LogP contribution < -0.4 is 16.8 Å². The molecular weight excluding hydrogens is 464 g/mol. The molecule has 1 heterocycles. The van der Waals surface area contributed by atoms with Crippen molar-refractivity contribution in [3.63, 3.8) is 0 Å². The molecule has 2 rings (SSSR count). The van der Waals surface area contributed by atoms with Crippen LogP contribution in [0.5, 0.6) is 0 Å². The number of aliphatic hydroxyl groups is 2. The molecular formula is C18H17F6N5O4. The fourth-order valence-corrected chi connectivity index (χ4v) is 2.65. The molecule has 0 aliphatic heterocycles. The molecule has 0 fully saturated rings. The lowest BCUT2D eigenvalue weighted by Gasteiger charge is -2.28. The van der Waals surface area contributed by atoms with Crippen molar-refractivity contribution in [1.29, 1.82) is 0 Å². The van der Waals surface area contributed by atoms with Gasteiger partial charge in [-0.25, -0.2) is 9.97 Å². The zero-order chi connectivity index (χ0) is 25.4. The Morgan fingerprint density at radius 1 is 1.18 bits per heavy atom. The number of anilines is 1. The number of carbonyl (C=O) groups excluding carboxylic acids is 2. The Bertz CT molecular complexity index is 1080. The largest absolute Gasteiger partial charge is 0.430 e. The number of nitrogens with two attached hydrogens (primary N) is 2. The topological polar surface area (TPSA) is 164 Å². The summed E-state index contributed by atoms with van der Waals surface area (Å²) in [6.07, 6.45) is -12.4. The van der Waals surface area contributed by atoms with Crippen LogP contribution >= 0.6 is 0 Å². The first-order chi connectivity index (χ1) is 15.0. The predicted octanol–water partition coefficient (Wildman–Crippen LogP) is 0.922. The molecule has 0 spiro atoms. The van der Waals surface area contributed by atoms with E-state index in [1.807, 2.05) is 0 Å². The molecule has 2 unspecified atom stereocenters. The van der Waals surface area contributed by atoms with Gasteiger partial charge >= 0.3 is 12.4 Å². The van der Waals surface area contributed by atoms with E-state index in [1.165, 1.54) is 6.92 Å². The van der Waals surface area contributed by atoms with E-state index in [0.717, 1.165) is 24.4 Å². The number of hydrogen-bond donors (Lipinski definition) is 5. The lowest BCUT2D eigenvalue weighted by atomic mass is 9.89. The average Bonchev–Trinajstić information content (AvgIpc) is 2.70. The van der Waals surface area contributed by atoms with Crippen LogP contribution in [0.4, 0.5) is 32.2 Å². The van der Waals surface area contributed by atoms with Crippen LogP contribution in [0.1, 0.15) is 21.6 Å². The Morgan fingerprint density at radius 2 is 1.79 bits per heavy atom. The fraction of sp³-hybridized carbons (Fsp3) is 0.333. The average molecular weight is 481 g/mol. The number of aliphatic hydroxyl groups excluding tert-OH is 1. The highest BCUT2D eigenvalue weighted by molar-refractivity contribution is 5.97. The molecule has 15 heteroatoms. The van der Waals surface area contributed by atoms with E-state index in [0.29, 0.717) is 0 Å². The maximum Gasteiger partial charge on any atom is 0.430 e. The summed E-state index contributed by atoms with van der Waals surface area (Å²) in [6.45, 7) is 0.201. The fourth-order valence-electron chi connectivity index (χ4n) is 2.65. The van der Waals surface area contributed by atoms with Crippen LogP contribution in [0.3, 0.4) is 0 Å². The van der Waals surface area contributed by atoms with Gasteiger partial charge in [0.1, 0.15) is 0 Å². The van der Waals surface area contributed by atoms with Gasteiger partial charge in [0, 0.05) is 11.1 Å². The first kappa shape index (κ1) is 25.8. The van der Waals surface area contributed by atoms with Gasteiger partial charge in [0.05, 0.1) is 18.4 Å².